The molecule has 0 aromatic heterocycles. The molecule has 0 aromatic rings. The number of hydrogen-bond donors (Lipinski definition) is 2. The van der Waals surface area contributed by atoms with Crippen molar-refractivity contribution >= 4 is 10.2 Å². The summed E-state index contributed by atoms with van der Waals surface area (Å²) in [6.45, 7) is 4.49. The molecule has 0 bridgehead atoms. The molecular weight excluding hydrogens is 152 g/mol. The van der Waals surface area contributed by atoms with Crippen LogP contribution in [0.4, 0.5) is 0 Å². The Kier molecular flexibility index (Phi) is 1.98. The van der Waals surface area contributed by atoms with Crippen LogP contribution in [0, 0.1) is 5.92 Å². The second kappa shape index (κ2) is 2.48. The first kappa shape index (κ1) is 7.97. The van der Waals surface area contributed by atoms with Crippen molar-refractivity contribution in [3.63, 3.8) is 0 Å². The van der Waals surface area contributed by atoms with Gasteiger partial charge in [-0.25, -0.2) is 4.72 Å². The van der Waals surface area contributed by atoms with E-state index in [4.69, 9.17) is 0 Å². The molecule has 1 saturated heterocycles. The highest BCUT2D eigenvalue weighted by Crippen LogP contribution is 2.06. The molecule has 1 aliphatic heterocycles. The van der Waals surface area contributed by atoms with E-state index in [2.05, 4.69) is 9.44 Å². The fraction of sp³-hybridized carbons (Fsp3) is 1.00. The molecule has 1 rings (SSSR count). The minimum Gasteiger partial charge on any atom is -0.201 e. The Morgan fingerprint density at radius 2 is 2.10 bits per heavy atom. The average molecular weight is 164 g/mol. The largest absolute Gasteiger partial charge is 0.277 e. The molecule has 1 heterocycles. The third-order valence-corrected chi connectivity index (χ3v) is 2.76. The molecule has 0 amide bonds. The monoisotopic (exact) mass is 164 g/mol. The van der Waals surface area contributed by atoms with E-state index in [9.17, 15) is 8.42 Å². The normalized spacial score (nSPS) is 31.3. The maximum atomic E-state index is 10.7. The van der Waals surface area contributed by atoms with Gasteiger partial charge in [-0.3, -0.25) is 0 Å². The first-order chi connectivity index (χ1) is 4.51. The molecule has 10 heavy (non-hydrogen) atoms. The Morgan fingerprint density at radius 3 is 2.30 bits per heavy atom. The van der Waals surface area contributed by atoms with Gasteiger partial charge < -0.3 is 0 Å². The van der Waals surface area contributed by atoms with Gasteiger partial charge in [-0.2, -0.15) is 13.1 Å². The van der Waals surface area contributed by atoms with E-state index in [0.717, 1.165) is 0 Å². The lowest BCUT2D eigenvalue weighted by molar-refractivity contribution is 0.482. The summed E-state index contributed by atoms with van der Waals surface area (Å²) in [5.74, 6) is 0.352. The Labute approximate surface area is 61.2 Å². The summed E-state index contributed by atoms with van der Waals surface area (Å²) in [7, 11) is -3.14. The van der Waals surface area contributed by atoms with Crippen LogP contribution in [0.15, 0.2) is 0 Å². The van der Waals surface area contributed by atoms with E-state index in [0.29, 0.717) is 12.5 Å². The van der Waals surface area contributed by atoms with Crippen molar-refractivity contribution < 1.29 is 8.42 Å². The minimum absolute atomic E-state index is 0.0602. The molecule has 0 aliphatic carbocycles. The summed E-state index contributed by atoms with van der Waals surface area (Å²) in [4.78, 5) is 0. The maximum Gasteiger partial charge on any atom is 0.277 e. The molecule has 0 unspecified atom stereocenters. The first-order valence-electron chi connectivity index (χ1n) is 3.28. The zero-order chi connectivity index (χ0) is 7.78. The van der Waals surface area contributed by atoms with Crippen LogP contribution in [0.3, 0.4) is 0 Å². The third-order valence-electron chi connectivity index (χ3n) is 1.60. The molecule has 1 fully saturated rings. The number of hydrogen-bond acceptors (Lipinski definition) is 2. The summed E-state index contributed by atoms with van der Waals surface area (Å²) >= 11 is 0. The molecule has 0 saturated carbocycles. The Bertz CT molecular complexity index is 210. The van der Waals surface area contributed by atoms with Crippen molar-refractivity contribution in [2.75, 3.05) is 6.54 Å². The van der Waals surface area contributed by atoms with Crippen LogP contribution < -0.4 is 9.44 Å². The van der Waals surface area contributed by atoms with E-state index in [1.165, 1.54) is 0 Å². The van der Waals surface area contributed by atoms with Crippen molar-refractivity contribution in [1.82, 2.24) is 9.44 Å². The summed E-state index contributed by atoms with van der Waals surface area (Å²) in [5, 5.41) is 0. The maximum absolute atomic E-state index is 10.7. The molecule has 2 N–H and O–H groups in total. The fourth-order valence-corrected chi connectivity index (χ4v) is 2.09. The van der Waals surface area contributed by atoms with E-state index in [1.807, 2.05) is 13.8 Å². The smallest absolute Gasteiger partial charge is 0.201 e. The molecule has 1 aliphatic rings. The standard InChI is InChI=1S/C5H12N2O2S/c1-4(2)5-3-6-10(8,9)7-5/h4-7H,3H2,1-2H3/t5-/m1/s1. The zero-order valence-electron chi connectivity index (χ0n) is 6.09. The Balaban J connectivity index is 2.60. The van der Waals surface area contributed by atoms with E-state index in [-0.39, 0.29) is 6.04 Å². The molecule has 4 nitrogen and oxygen atoms in total. The zero-order valence-corrected chi connectivity index (χ0v) is 6.90. The van der Waals surface area contributed by atoms with Gasteiger partial charge in [-0.15, -0.1) is 0 Å². The van der Waals surface area contributed by atoms with Crippen LogP contribution in [-0.2, 0) is 10.2 Å². The van der Waals surface area contributed by atoms with Crippen LogP contribution >= 0.6 is 0 Å². The molecule has 0 spiro atoms. The SMILES string of the molecule is CC(C)[C@H]1CNS(=O)(=O)N1. The average Bonchev–Trinajstić information content (AvgIpc) is 2.10. The van der Waals surface area contributed by atoms with Crippen molar-refractivity contribution in [1.29, 1.82) is 0 Å². The van der Waals surface area contributed by atoms with Gasteiger partial charge in [-0.1, -0.05) is 13.8 Å². The van der Waals surface area contributed by atoms with E-state index >= 15 is 0 Å². The van der Waals surface area contributed by atoms with E-state index < -0.39 is 10.2 Å². The molecule has 1 atom stereocenters. The summed E-state index contributed by atoms with van der Waals surface area (Å²) < 4.78 is 26.3. The van der Waals surface area contributed by atoms with Gasteiger partial charge in [0.1, 0.15) is 0 Å². The van der Waals surface area contributed by atoms with Crippen molar-refractivity contribution in [3.05, 3.63) is 0 Å². The fourth-order valence-electron chi connectivity index (χ4n) is 0.854. The molecule has 0 radical (unpaired) electrons. The lowest BCUT2D eigenvalue weighted by Crippen LogP contribution is -2.31. The molecular formula is C5H12N2O2S. The van der Waals surface area contributed by atoms with Crippen LogP contribution in [0.5, 0.6) is 0 Å². The Hall–Kier alpha value is -0.130. The lowest BCUT2D eigenvalue weighted by atomic mass is 10.1. The molecule has 0 aromatic carbocycles. The summed E-state index contributed by atoms with van der Waals surface area (Å²) in [6.07, 6.45) is 0. The highest BCUT2D eigenvalue weighted by atomic mass is 32.2. The summed E-state index contributed by atoms with van der Waals surface area (Å²) in [6, 6.07) is 0.0602. The van der Waals surface area contributed by atoms with Gasteiger partial charge in [0, 0.05) is 12.6 Å². The summed E-state index contributed by atoms with van der Waals surface area (Å²) in [5.41, 5.74) is 0. The highest BCUT2D eigenvalue weighted by Gasteiger charge is 2.27. The second-order valence-electron chi connectivity index (χ2n) is 2.82. The minimum atomic E-state index is -3.14. The lowest BCUT2D eigenvalue weighted by Gasteiger charge is -2.10. The van der Waals surface area contributed by atoms with Gasteiger partial charge in [0.15, 0.2) is 0 Å². The molecule has 60 valence electrons. The van der Waals surface area contributed by atoms with Gasteiger partial charge in [-0.05, 0) is 5.92 Å². The Morgan fingerprint density at radius 1 is 1.50 bits per heavy atom. The first-order valence-corrected chi connectivity index (χ1v) is 4.76. The van der Waals surface area contributed by atoms with Crippen molar-refractivity contribution in [2.45, 2.75) is 19.9 Å². The van der Waals surface area contributed by atoms with Crippen molar-refractivity contribution in [2.24, 2.45) is 5.92 Å². The van der Waals surface area contributed by atoms with Gasteiger partial charge in [0.05, 0.1) is 0 Å². The second-order valence-corrected chi connectivity index (χ2v) is 4.35. The predicted octanol–water partition coefficient (Wildman–Crippen LogP) is -0.551. The number of nitrogens with one attached hydrogen (secondary N) is 2. The van der Waals surface area contributed by atoms with Crippen LogP contribution in [0.2, 0.25) is 0 Å². The van der Waals surface area contributed by atoms with E-state index in [1.54, 1.807) is 0 Å². The van der Waals surface area contributed by atoms with Gasteiger partial charge in [0.25, 0.3) is 10.2 Å². The third kappa shape index (κ3) is 1.68. The predicted molar refractivity (Wildman–Crippen MR) is 38.7 cm³/mol. The molecule has 5 heteroatoms. The van der Waals surface area contributed by atoms with Crippen LogP contribution in [-0.4, -0.2) is 21.0 Å². The van der Waals surface area contributed by atoms with Crippen LogP contribution in [0.25, 0.3) is 0 Å². The number of rotatable bonds is 1. The van der Waals surface area contributed by atoms with Gasteiger partial charge >= 0.3 is 0 Å². The topological polar surface area (TPSA) is 58.2 Å². The van der Waals surface area contributed by atoms with Crippen LogP contribution in [0.1, 0.15) is 13.8 Å². The quantitative estimate of drug-likeness (QED) is 0.546. The van der Waals surface area contributed by atoms with Crippen molar-refractivity contribution in [3.8, 4) is 0 Å². The highest BCUT2D eigenvalue weighted by molar-refractivity contribution is 7.87. The van der Waals surface area contributed by atoms with Gasteiger partial charge in [0.2, 0.25) is 0 Å².